The van der Waals surface area contributed by atoms with Crippen LogP contribution >= 0.6 is 0 Å². The van der Waals surface area contributed by atoms with E-state index in [-0.39, 0.29) is 16.7 Å². The van der Waals surface area contributed by atoms with Crippen molar-refractivity contribution in [1.82, 2.24) is 14.3 Å². The molecule has 3 heterocycles. The van der Waals surface area contributed by atoms with E-state index in [0.29, 0.717) is 32.7 Å². The number of aryl methyl sites for hydroxylation is 1. The van der Waals surface area contributed by atoms with Crippen LogP contribution in [-0.2, 0) is 26.5 Å². The van der Waals surface area contributed by atoms with Gasteiger partial charge in [0.05, 0.1) is 11.9 Å². The highest BCUT2D eigenvalue weighted by atomic mass is 32.2. The van der Waals surface area contributed by atoms with Crippen LogP contribution in [-0.4, -0.2) is 49.4 Å². The number of sulfonamides is 1. The molecule has 8 heteroatoms. The second-order valence-electron chi connectivity index (χ2n) is 5.83. The molecule has 1 spiro atoms. The van der Waals surface area contributed by atoms with E-state index in [4.69, 9.17) is 9.47 Å². The number of hydrogen-bond donors (Lipinski definition) is 1. The predicted molar refractivity (Wildman–Crippen MR) is 75.3 cm³/mol. The lowest BCUT2D eigenvalue weighted by Gasteiger charge is -2.43. The molecule has 3 rings (SSSR count). The summed E-state index contributed by atoms with van der Waals surface area (Å²) in [6.45, 7) is 1.94. The Labute approximate surface area is 124 Å². The molecule has 1 N–H and O–H groups in total. The SMILES string of the molecule is Cn1cnc(S(=O)(=O)NC2CCOC3(CCOCC3)C2)c1. The van der Waals surface area contributed by atoms with Crippen molar-refractivity contribution in [3.8, 4) is 0 Å². The number of aromatic nitrogens is 2. The molecule has 2 fully saturated rings. The minimum Gasteiger partial charge on any atom is -0.381 e. The van der Waals surface area contributed by atoms with Gasteiger partial charge in [0.1, 0.15) is 0 Å². The lowest BCUT2D eigenvalue weighted by molar-refractivity contribution is -0.138. The Morgan fingerprint density at radius 2 is 2.14 bits per heavy atom. The summed E-state index contributed by atoms with van der Waals surface area (Å²) in [4.78, 5) is 3.92. The fraction of sp³-hybridized carbons (Fsp3) is 0.769. The highest BCUT2D eigenvalue weighted by molar-refractivity contribution is 7.89. The van der Waals surface area contributed by atoms with Gasteiger partial charge in [-0.1, -0.05) is 0 Å². The highest BCUT2D eigenvalue weighted by Gasteiger charge is 2.40. The first-order chi connectivity index (χ1) is 9.99. The average Bonchev–Trinajstić information content (AvgIpc) is 2.87. The van der Waals surface area contributed by atoms with Crippen molar-refractivity contribution in [1.29, 1.82) is 0 Å². The third-order valence-electron chi connectivity index (χ3n) is 4.18. The molecule has 2 saturated heterocycles. The van der Waals surface area contributed by atoms with Gasteiger partial charge >= 0.3 is 0 Å². The molecule has 2 aliphatic heterocycles. The van der Waals surface area contributed by atoms with Gasteiger partial charge in [0, 0.05) is 39.1 Å². The summed E-state index contributed by atoms with van der Waals surface area (Å²) in [5, 5.41) is 0.0671. The van der Waals surface area contributed by atoms with E-state index in [9.17, 15) is 8.42 Å². The molecular formula is C13H21N3O4S. The summed E-state index contributed by atoms with van der Waals surface area (Å²) < 4.78 is 40.4. The molecule has 1 aromatic heterocycles. The Kier molecular flexibility index (Phi) is 4.04. The third-order valence-corrected chi connectivity index (χ3v) is 5.58. The van der Waals surface area contributed by atoms with Crippen LogP contribution in [0.25, 0.3) is 0 Å². The highest BCUT2D eigenvalue weighted by Crippen LogP contribution is 2.34. The van der Waals surface area contributed by atoms with E-state index in [2.05, 4.69) is 9.71 Å². The van der Waals surface area contributed by atoms with Crippen molar-refractivity contribution in [3.63, 3.8) is 0 Å². The van der Waals surface area contributed by atoms with Crippen molar-refractivity contribution >= 4 is 10.0 Å². The molecule has 2 aliphatic rings. The summed E-state index contributed by atoms with van der Waals surface area (Å²) in [6.07, 6.45) is 6.03. The molecule has 21 heavy (non-hydrogen) atoms. The number of imidazole rings is 1. The minimum absolute atomic E-state index is 0.0671. The largest absolute Gasteiger partial charge is 0.381 e. The lowest BCUT2D eigenvalue weighted by Crippen LogP contribution is -2.50. The van der Waals surface area contributed by atoms with Gasteiger partial charge in [0.2, 0.25) is 0 Å². The molecule has 1 atom stereocenters. The van der Waals surface area contributed by atoms with Gasteiger partial charge < -0.3 is 14.0 Å². The number of ether oxygens (including phenoxy) is 2. The number of rotatable bonds is 3. The molecule has 0 radical (unpaired) electrons. The summed E-state index contributed by atoms with van der Waals surface area (Å²) in [6, 6.07) is -0.108. The maximum atomic E-state index is 12.3. The molecule has 0 aliphatic carbocycles. The third kappa shape index (κ3) is 3.28. The molecule has 0 bridgehead atoms. The van der Waals surface area contributed by atoms with Crippen molar-refractivity contribution in [3.05, 3.63) is 12.5 Å². The molecule has 1 unspecified atom stereocenters. The Morgan fingerprint density at radius 3 is 2.81 bits per heavy atom. The minimum atomic E-state index is -3.56. The van der Waals surface area contributed by atoms with Crippen molar-refractivity contribution in [2.75, 3.05) is 19.8 Å². The maximum Gasteiger partial charge on any atom is 0.259 e. The molecule has 7 nitrogen and oxygen atoms in total. The van der Waals surface area contributed by atoms with Crippen LogP contribution in [0.5, 0.6) is 0 Å². The smallest absolute Gasteiger partial charge is 0.259 e. The molecule has 118 valence electrons. The average molecular weight is 315 g/mol. The first-order valence-electron chi connectivity index (χ1n) is 7.21. The van der Waals surface area contributed by atoms with E-state index < -0.39 is 10.0 Å². The second-order valence-corrected chi connectivity index (χ2v) is 7.49. The summed E-state index contributed by atoms with van der Waals surface area (Å²) in [5.41, 5.74) is -0.228. The number of hydrogen-bond acceptors (Lipinski definition) is 5. The second kappa shape index (κ2) is 5.68. The first kappa shape index (κ1) is 15.0. The van der Waals surface area contributed by atoms with Crippen LogP contribution in [0.4, 0.5) is 0 Å². The van der Waals surface area contributed by atoms with E-state index in [1.54, 1.807) is 11.6 Å². The molecule has 0 saturated carbocycles. The van der Waals surface area contributed by atoms with Gasteiger partial charge in [0.15, 0.2) is 5.03 Å². The van der Waals surface area contributed by atoms with Gasteiger partial charge in [-0.2, -0.15) is 0 Å². The fourth-order valence-corrected chi connectivity index (χ4v) is 4.28. The van der Waals surface area contributed by atoms with Crippen LogP contribution in [0.3, 0.4) is 0 Å². The molecular weight excluding hydrogens is 294 g/mol. The zero-order chi connectivity index (χ0) is 14.9. The zero-order valence-corrected chi connectivity index (χ0v) is 12.9. The summed E-state index contributed by atoms with van der Waals surface area (Å²) in [5.74, 6) is 0. The van der Waals surface area contributed by atoms with E-state index in [0.717, 1.165) is 12.8 Å². The molecule has 0 aromatic carbocycles. The van der Waals surface area contributed by atoms with Crippen LogP contribution in [0.2, 0.25) is 0 Å². The van der Waals surface area contributed by atoms with Gasteiger partial charge in [-0.05, 0) is 25.7 Å². The van der Waals surface area contributed by atoms with Gasteiger partial charge in [-0.3, -0.25) is 0 Å². The lowest BCUT2D eigenvalue weighted by atomic mass is 9.84. The van der Waals surface area contributed by atoms with E-state index in [1.807, 2.05) is 0 Å². The Balaban J connectivity index is 1.69. The monoisotopic (exact) mass is 315 g/mol. The topological polar surface area (TPSA) is 82.5 Å². The van der Waals surface area contributed by atoms with Crippen LogP contribution in [0.1, 0.15) is 25.7 Å². The van der Waals surface area contributed by atoms with Gasteiger partial charge in [-0.15, -0.1) is 0 Å². The predicted octanol–water partition coefficient (Wildman–Crippen LogP) is 0.427. The van der Waals surface area contributed by atoms with Gasteiger partial charge in [0.25, 0.3) is 10.0 Å². The summed E-state index contributed by atoms with van der Waals surface area (Å²) in [7, 11) is -1.82. The first-order valence-corrected chi connectivity index (χ1v) is 8.69. The quantitative estimate of drug-likeness (QED) is 0.874. The Morgan fingerprint density at radius 1 is 1.38 bits per heavy atom. The van der Waals surface area contributed by atoms with Crippen molar-refractivity contribution in [2.24, 2.45) is 7.05 Å². The Bertz CT molecular complexity index is 587. The maximum absolute atomic E-state index is 12.3. The molecule has 0 amide bonds. The zero-order valence-electron chi connectivity index (χ0n) is 12.1. The number of nitrogens with zero attached hydrogens (tertiary/aromatic N) is 2. The number of nitrogens with one attached hydrogen (secondary N) is 1. The van der Waals surface area contributed by atoms with Gasteiger partial charge in [-0.25, -0.2) is 18.1 Å². The van der Waals surface area contributed by atoms with Crippen LogP contribution < -0.4 is 4.72 Å². The van der Waals surface area contributed by atoms with E-state index >= 15 is 0 Å². The normalized spacial score (nSPS) is 26.0. The van der Waals surface area contributed by atoms with E-state index in [1.165, 1.54) is 12.5 Å². The van der Waals surface area contributed by atoms with Crippen LogP contribution in [0, 0.1) is 0 Å². The summed E-state index contributed by atoms with van der Waals surface area (Å²) >= 11 is 0. The molecule has 1 aromatic rings. The van der Waals surface area contributed by atoms with Crippen molar-refractivity contribution in [2.45, 2.75) is 42.4 Å². The fourth-order valence-electron chi connectivity index (χ4n) is 3.03. The van der Waals surface area contributed by atoms with Crippen molar-refractivity contribution < 1.29 is 17.9 Å². The Hall–Kier alpha value is -0.960. The van der Waals surface area contributed by atoms with Crippen LogP contribution in [0.15, 0.2) is 17.6 Å². The standard InChI is InChI=1S/C13H21N3O4S/c1-16-9-12(14-10-16)21(17,18)15-11-2-5-20-13(8-11)3-6-19-7-4-13/h9-11,15H,2-8H2,1H3.